The van der Waals surface area contributed by atoms with Crippen molar-refractivity contribution in [1.29, 1.82) is 0 Å². The molecule has 55 heavy (non-hydrogen) atoms. The second-order valence-electron chi connectivity index (χ2n) is 16.6. The van der Waals surface area contributed by atoms with E-state index in [9.17, 15) is 14.7 Å². The SMILES string of the molecule is COc1ccccc1CCNC(=O)c1cc(-c2cccc(CN3O[C@@H](CO)[C@@H]([C@H](C)OI)[C@H]3C(=O)CC3C[C@H]4C[C@@H]([C@@H]3C)C4(C)C)c2OC)cc(N(C)C)c1. The Morgan fingerprint density at radius 3 is 2.45 bits per heavy atom. The summed E-state index contributed by atoms with van der Waals surface area (Å²) in [5, 5.41) is 15.4. The van der Waals surface area contributed by atoms with Gasteiger partial charge >= 0.3 is 0 Å². The van der Waals surface area contributed by atoms with Gasteiger partial charge in [-0.15, -0.1) is 0 Å². The molecular formula is C44H58IN3O7. The van der Waals surface area contributed by atoms with Crippen LogP contribution in [0.25, 0.3) is 11.1 Å². The number of ketones is 1. The van der Waals surface area contributed by atoms with E-state index in [1.807, 2.05) is 110 Å². The van der Waals surface area contributed by atoms with E-state index in [0.717, 1.165) is 40.1 Å². The molecule has 2 bridgehead atoms. The molecule has 0 spiro atoms. The fraction of sp³-hybridized carbons (Fsp3) is 0.545. The third-order valence-corrected chi connectivity index (χ3v) is 13.9. The molecule has 10 nitrogen and oxygen atoms in total. The number of hydroxylamine groups is 2. The van der Waals surface area contributed by atoms with Crippen molar-refractivity contribution in [2.24, 2.45) is 35.0 Å². The molecule has 2 N–H and O–H groups in total. The number of nitrogens with zero attached hydrogens (tertiary/aromatic N) is 2. The maximum atomic E-state index is 14.5. The summed E-state index contributed by atoms with van der Waals surface area (Å²) >= 11 is 1.89. The molecule has 3 saturated carbocycles. The lowest BCUT2D eigenvalue weighted by Gasteiger charge is -2.62. The number of amides is 1. The predicted molar refractivity (Wildman–Crippen MR) is 223 cm³/mol. The van der Waals surface area contributed by atoms with Gasteiger partial charge < -0.3 is 27.9 Å². The standard InChI is InChI=1S/C44H58IN3O7/c1-26-30(19-33-23-36(26)44(33,3)4)22-37(50)41-40(27(2)54-45)39(25-49)55-48(41)24-29-13-11-14-35(42(29)53-8)31-18-32(21-34(20-31)47(5)6)43(51)46-17-16-28-12-9-10-15-38(28)52-7/h9-15,18,20-21,26-27,30,33,36,39-41,49H,16-17,19,22-25H2,1-8H3,(H,46,51)/t26-,27+,30?,33+,36+,39+,40-,41-/m1/s1. The Kier molecular flexibility index (Phi) is 13.2. The van der Waals surface area contributed by atoms with Gasteiger partial charge in [0.05, 0.1) is 33.5 Å². The lowest BCUT2D eigenvalue weighted by molar-refractivity contribution is -0.183. The molecule has 4 aliphatic rings. The summed E-state index contributed by atoms with van der Waals surface area (Å²) in [6.45, 7) is 9.51. The summed E-state index contributed by atoms with van der Waals surface area (Å²) in [4.78, 5) is 36.6. The molecule has 1 amide bonds. The number of rotatable bonds is 16. The normalized spacial score (nSPS) is 26.2. The van der Waals surface area contributed by atoms with Crippen molar-refractivity contribution in [3.8, 4) is 22.6 Å². The number of aliphatic hydroxyl groups is 1. The summed E-state index contributed by atoms with van der Waals surface area (Å²) in [5.74, 6) is 3.11. The van der Waals surface area contributed by atoms with Crippen LogP contribution < -0.4 is 19.7 Å². The van der Waals surface area contributed by atoms with Crippen LogP contribution >= 0.6 is 23.0 Å². The largest absolute Gasteiger partial charge is 0.496 e. The number of nitrogens with one attached hydrogen (secondary N) is 1. The fourth-order valence-electron chi connectivity index (χ4n) is 9.72. The minimum absolute atomic E-state index is 0.132. The average Bonchev–Trinajstić information content (AvgIpc) is 3.56. The van der Waals surface area contributed by atoms with E-state index in [1.54, 1.807) is 19.3 Å². The first-order valence-electron chi connectivity index (χ1n) is 19.6. The second kappa shape index (κ2) is 17.5. The van der Waals surface area contributed by atoms with Crippen LogP contribution in [0.1, 0.15) is 68.4 Å². The van der Waals surface area contributed by atoms with E-state index in [4.69, 9.17) is 17.4 Å². The van der Waals surface area contributed by atoms with Crippen molar-refractivity contribution in [3.63, 3.8) is 0 Å². The molecule has 3 aromatic rings. The monoisotopic (exact) mass is 867 g/mol. The van der Waals surface area contributed by atoms with Crippen LogP contribution in [-0.4, -0.2) is 81.6 Å². The van der Waals surface area contributed by atoms with Crippen molar-refractivity contribution >= 4 is 40.4 Å². The molecular weight excluding hydrogens is 809 g/mol. The summed E-state index contributed by atoms with van der Waals surface area (Å²) in [6, 6.07) is 19.0. The van der Waals surface area contributed by atoms with Crippen molar-refractivity contribution < 1.29 is 32.1 Å². The molecule has 7 rings (SSSR count). The summed E-state index contributed by atoms with van der Waals surface area (Å²) in [6.07, 6.45) is 2.53. The average molecular weight is 868 g/mol. The molecule has 3 aliphatic carbocycles. The van der Waals surface area contributed by atoms with Crippen LogP contribution in [0.2, 0.25) is 0 Å². The number of Topliss-reactive ketones (excluding diaryl/α,β-unsaturated/α-hetero) is 1. The molecule has 3 aromatic carbocycles. The highest BCUT2D eigenvalue weighted by molar-refractivity contribution is 14.1. The lowest BCUT2D eigenvalue weighted by Crippen LogP contribution is -2.55. The van der Waals surface area contributed by atoms with Gasteiger partial charge in [0.25, 0.3) is 5.91 Å². The number of halogens is 1. The number of carbonyl (C=O) groups is 2. The van der Waals surface area contributed by atoms with Crippen molar-refractivity contribution in [2.75, 3.05) is 46.4 Å². The van der Waals surface area contributed by atoms with Crippen LogP contribution in [0, 0.1) is 35.0 Å². The van der Waals surface area contributed by atoms with E-state index in [2.05, 4.69) is 26.1 Å². The van der Waals surface area contributed by atoms with E-state index >= 15 is 0 Å². The fourth-order valence-corrected chi connectivity index (χ4v) is 10.1. The zero-order valence-electron chi connectivity index (χ0n) is 33.5. The van der Waals surface area contributed by atoms with Crippen LogP contribution in [0.3, 0.4) is 0 Å². The Morgan fingerprint density at radius 1 is 1.05 bits per heavy atom. The Bertz CT molecular complexity index is 1830. The summed E-state index contributed by atoms with van der Waals surface area (Å²) in [7, 11) is 7.18. The summed E-state index contributed by atoms with van der Waals surface area (Å²) in [5.41, 5.74) is 5.22. The van der Waals surface area contributed by atoms with Gasteiger partial charge in [0.1, 0.15) is 46.7 Å². The number of aliphatic hydroxyl groups excluding tert-OH is 1. The Morgan fingerprint density at radius 2 is 1.80 bits per heavy atom. The number of para-hydroxylation sites is 2. The Balaban J connectivity index is 1.26. The van der Waals surface area contributed by atoms with Crippen LogP contribution in [0.4, 0.5) is 5.69 Å². The van der Waals surface area contributed by atoms with Crippen LogP contribution in [-0.2, 0) is 25.7 Å². The number of hydrogen-bond acceptors (Lipinski definition) is 9. The topological polar surface area (TPSA) is 110 Å². The van der Waals surface area contributed by atoms with Crippen LogP contribution in [0.5, 0.6) is 11.5 Å². The predicted octanol–water partition coefficient (Wildman–Crippen LogP) is 7.53. The van der Waals surface area contributed by atoms with Crippen molar-refractivity contribution in [3.05, 3.63) is 77.4 Å². The van der Waals surface area contributed by atoms with Crippen molar-refractivity contribution in [2.45, 2.75) is 78.2 Å². The van der Waals surface area contributed by atoms with Gasteiger partial charge in [-0.3, -0.25) is 14.4 Å². The molecule has 11 heteroatoms. The zero-order valence-corrected chi connectivity index (χ0v) is 35.7. The molecule has 0 aromatic heterocycles. The highest BCUT2D eigenvalue weighted by atomic mass is 127. The number of hydrogen-bond donors (Lipinski definition) is 2. The van der Waals surface area contributed by atoms with Gasteiger partial charge in [0, 0.05) is 55.4 Å². The zero-order chi connectivity index (χ0) is 39.6. The molecule has 1 heterocycles. The first-order chi connectivity index (χ1) is 26.3. The molecule has 8 atom stereocenters. The van der Waals surface area contributed by atoms with E-state index in [-0.39, 0.29) is 36.9 Å². The lowest BCUT2D eigenvalue weighted by atomic mass is 9.43. The molecule has 298 valence electrons. The molecule has 0 radical (unpaired) electrons. The highest BCUT2D eigenvalue weighted by Crippen LogP contribution is 2.63. The van der Waals surface area contributed by atoms with Gasteiger partial charge in [0.2, 0.25) is 0 Å². The highest BCUT2D eigenvalue weighted by Gasteiger charge is 2.57. The van der Waals surface area contributed by atoms with Gasteiger partial charge in [-0.05, 0) is 90.7 Å². The number of fused-ring (bicyclic) bond motifs is 2. The van der Waals surface area contributed by atoms with Gasteiger partial charge in [-0.1, -0.05) is 57.2 Å². The van der Waals surface area contributed by atoms with E-state index in [1.165, 1.54) is 6.42 Å². The first kappa shape index (κ1) is 41.4. The molecule has 4 fully saturated rings. The number of carbonyl (C=O) groups excluding carboxylic acids is 2. The first-order valence-corrected chi connectivity index (χ1v) is 20.4. The summed E-state index contributed by atoms with van der Waals surface area (Å²) < 4.78 is 17.4. The third kappa shape index (κ3) is 8.42. The molecule has 1 unspecified atom stereocenters. The second-order valence-corrected chi connectivity index (χ2v) is 17.1. The maximum absolute atomic E-state index is 14.5. The van der Waals surface area contributed by atoms with Gasteiger partial charge in [0.15, 0.2) is 5.78 Å². The van der Waals surface area contributed by atoms with Gasteiger partial charge in [-0.2, -0.15) is 5.06 Å². The van der Waals surface area contributed by atoms with E-state index < -0.39 is 12.1 Å². The number of methoxy groups -OCH3 is 2. The van der Waals surface area contributed by atoms with Crippen LogP contribution in [0.15, 0.2) is 60.7 Å². The van der Waals surface area contributed by atoms with Crippen molar-refractivity contribution in [1.82, 2.24) is 10.4 Å². The molecule has 1 aliphatic heterocycles. The quantitative estimate of drug-likeness (QED) is 0.141. The Hall–Kier alpha value is -3.23. The molecule has 1 saturated heterocycles. The maximum Gasteiger partial charge on any atom is 0.251 e. The number of benzene rings is 3. The Labute approximate surface area is 340 Å². The third-order valence-electron chi connectivity index (χ3n) is 13.0. The number of anilines is 1. The smallest absolute Gasteiger partial charge is 0.251 e. The minimum Gasteiger partial charge on any atom is -0.496 e. The minimum atomic E-state index is -0.600. The number of ether oxygens (including phenoxy) is 2. The van der Waals surface area contributed by atoms with E-state index in [0.29, 0.717) is 59.8 Å². The van der Waals surface area contributed by atoms with Gasteiger partial charge in [-0.25, -0.2) is 0 Å².